The van der Waals surface area contributed by atoms with Gasteiger partial charge in [-0.3, -0.25) is 0 Å². The van der Waals surface area contributed by atoms with Crippen LogP contribution in [0.25, 0.3) is 0 Å². The number of nitrogens with one attached hydrogen (secondary N) is 1. The predicted octanol–water partition coefficient (Wildman–Crippen LogP) is 2.41. The molecule has 3 rings (SSSR count). The summed E-state index contributed by atoms with van der Waals surface area (Å²) in [7, 11) is 0. The highest BCUT2D eigenvalue weighted by Gasteiger charge is 2.20. The van der Waals surface area contributed by atoms with Gasteiger partial charge in [0.05, 0.1) is 6.10 Å². The van der Waals surface area contributed by atoms with Gasteiger partial charge in [-0.25, -0.2) is 0 Å². The van der Waals surface area contributed by atoms with Crippen molar-refractivity contribution < 1.29 is 5.11 Å². The number of hydrogen-bond acceptors (Lipinski definition) is 2. The van der Waals surface area contributed by atoms with Crippen molar-refractivity contribution >= 4 is 5.69 Å². The SMILES string of the molecule is OC1CCCc2cc3c(cc21)NCCC3. The van der Waals surface area contributed by atoms with Crippen molar-refractivity contribution in [1.82, 2.24) is 0 Å². The van der Waals surface area contributed by atoms with Gasteiger partial charge in [0.25, 0.3) is 0 Å². The molecule has 0 fully saturated rings. The lowest BCUT2D eigenvalue weighted by molar-refractivity contribution is 0.156. The Balaban J connectivity index is 2.08. The third-order valence-corrected chi connectivity index (χ3v) is 3.59. The van der Waals surface area contributed by atoms with Gasteiger partial charge in [0.15, 0.2) is 0 Å². The highest BCUT2D eigenvalue weighted by molar-refractivity contribution is 5.58. The molecule has 2 nitrogen and oxygen atoms in total. The van der Waals surface area contributed by atoms with E-state index >= 15 is 0 Å². The summed E-state index contributed by atoms with van der Waals surface area (Å²) in [6, 6.07) is 4.48. The third kappa shape index (κ3) is 1.53. The van der Waals surface area contributed by atoms with E-state index in [0.717, 1.165) is 31.4 Å². The zero-order valence-electron chi connectivity index (χ0n) is 8.92. The van der Waals surface area contributed by atoms with Gasteiger partial charge in [-0.2, -0.15) is 0 Å². The number of fused-ring (bicyclic) bond motifs is 2. The van der Waals surface area contributed by atoms with Crippen LogP contribution in [0.15, 0.2) is 12.1 Å². The number of hydrogen-bond donors (Lipinski definition) is 2. The molecule has 1 aromatic carbocycles. The first-order valence-electron chi connectivity index (χ1n) is 5.92. The summed E-state index contributed by atoms with van der Waals surface area (Å²) < 4.78 is 0. The highest BCUT2D eigenvalue weighted by atomic mass is 16.3. The van der Waals surface area contributed by atoms with Gasteiger partial charge in [-0.05, 0) is 54.9 Å². The molecular formula is C13H17NO. The molecule has 0 saturated heterocycles. The summed E-state index contributed by atoms with van der Waals surface area (Å²) in [6.45, 7) is 1.07. The molecule has 1 unspecified atom stereocenters. The van der Waals surface area contributed by atoms with Crippen LogP contribution in [0.3, 0.4) is 0 Å². The molecule has 1 heterocycles. The van der Waals surface area contributed by atoms with E-state index in [1.807, 2.05) is 0 Å². The lowest BCUT2D eigenvalue weighted by atomic mass is 9.86. The van der Waals surface area contributed by atoms with Crippen LogP contribution in [-0.2, 0) is 12.8 Å². The van der Waals surface area contributed by atoms with Crippen LogP contribution in [0.5, 0.6) is 0 Å². The van der Waals surface area contributed by atoms with Gasteiger partial charge < -0.3 is 10.4 Å². The standard InChI is InChI=1S/C13H17NO/c15-13-5-1-3-9-7-10-4-2-6-14-12(10)8-11(9)13/h7-8,13-15H,1-6H2. The average molecular weight is 203 g/mol. The van der Waals surface area contributed by atoms with Gasteiger partial charge in [0, 0.05) is 12.2 Å². The maximum Gasteiger partial charge on any atom is 0.0793 e. The monoisotopic (exact) mass is 203 g/mol. The molecular weight excluding hydrogens is 186 g/mol. The fraction of sp³-hybridized carbons (Fsp3) is 0.538. The first kappa shape index (κ1) is 9.22. The average Bonchev–Trinajstić information content (AvgIpc) is 2.27. The van der Waals surface area contributed by atoms with Crippen molar-refractivity contribution in [1.29, 1.82) is 0 Å². The van der Waals surface area contributed by atoms with Gasteiger partial charge in [-0.1, -0.05) is 6.07 Å². The van der Waals surface area contributed by atoms with E-state index in [9.17, 15) is 5.11 Å². The Hall–Kier alpha value is -1.02. The van der Waals surface area contributed by atoms with E-state index < -0.39 is 0 Å². The highest BCUT2D eigenvalue weighted by Crippen LogP contribution is 2.35. The number of aryl methyl sites for hydroxylation is 2. The van der Waals surface area contributed by atoms with Crippen LogP contribution in [0.2, 0.25) is 0 Å². The normalized spacial score (nSPS) is 23.9. The second-order valence-electron chi connectivity index (χ2n) is 4.65. The topological polar surface area (TPSA) is 32.3 Å². The molecule has 0 saturated carbocycles. The minimum absolute atomic E-state index is 0.234. The molecule has 2 N–H and O–H groups in total. The van der Waals surface area contributed by atoms with Crippen LogP contribution in [0, 0.1) is 0 Å². The molecule has 0 amide bonds. The van der Waals surface area contributed by atoms with Crippen LogP contribution in [0.4, 0.5) is 5.69 Å². The van der Waals surface area contributed by atoms with E-state index in [1.165, 1.54) is 29.7 Å². The fourth-order valence-electron chi connectivity index (χ4n) is 2.75. The van der Waals surface area contributed by atoms with Crippen LogP contribution in [-0.4, -0.2) is 11.7 Å². The summed E-state index contributed by atoms with van der Waals surface area (Å²) in [5, 5.41) is 13.4. The van der Waals surface area contributed by atoms with E-state index in [0.29, 0.717) is 0 Å². The molecule has 0 radical (unpaired) electrons. The second-order valence-corrected chi connectivity index (χ2v) is 4.65. The molecule has 1 aliphatic heterocycles. The Labute approximate surface area is 90.3 Å². The molecule has 1 aliphatic carbocycles. The van der Waals surface area contributed by atoms with Gasteiger partial charge in [0.2, 0.25) is 0 Å². The summed E-state index contributed by atoms with van der Waals surface area (Å²) in [5.41, 5.74) is 5.22. The van der Waals surface area contributed by atoms with E-state index in [-0.39, 0.29) is 6.10 Å². The number of anilines is 1. The van der Waals surface area contributed by atoms with Gasteiger partial charge in [0.1, 0.15) is 0 Å². The minimum atomic E-state index is -0.234. The summed E-state index contributed by atoms with van der Waals surface area (Å²) in [6.07, 6.45) is 5.37. The zero-order chi connectivity index (χ0) is 10.3. The third-order valence-electron chi connectivity index (χ3n) is 3.59. The zero-order valence-corrected chi connectivity index (χ0v) is 8.92. The molecule has 2 heteroatoms. The number of rotatable bonds is 0. The number of aliphatic hydroxyl groups is 1. The van der Waals surface area contributed by atoms with E-state index in [4.69, 9.17) is 0 Å². The predicted molar refractivity (Wildman–Crippen MR) is 61.2 cm³/mol. The molecule has 1 atom stereocenters. The molecule has 1 aromatic rings. The van der Waals surface area contributed by atoms with Gasteiger partial charge in [-0.15, -0.1) is 0 Å². The Bertz CT molecular complexity index is 386. The number of aliphatic hydroxyl groups excluding tert-OH is 1. The molecule has 0 spiro atoms. The van der Waals surface area contributed by atoms with Crippen molar-refractivity contribution in [2.24, 2.45) is 0 Å². The molecule has 80 valence electrons. The van der Waals surface area contributed by atoms with Crippen molar-refractivity contribution in [3.63, 3.8) is 0 Å². The Morgan fingerprint density at radius 2 is 2.00 bits per heavy atom. The first-order chi connectivity index (χ1) is 7.34. The molecule has 15 heavy (non-hydrogen) atoms. The Morgan fingerprint density at radius 3 is 2.93 bits per heavy atom. The lowest BCUT2D eigenvalue weighted by Crippen LogP contribution is -2.16. The van der Waals surface area contributed by atoms with Crippen molar-refractivity contribution in [3.05, 3.63) is 28.8 Å². The minimum Gasteiger partial charge on any atom is -0.388 e. The van der Waals surface area contributed by atoms with Crippen molar-refractivity contribution in [2.75, 3.05) is 11.9 Å². The van der Waals surface area contributed by atoms with Crippen molar-refractivity contribution in [2.45, 2.75) is 38.2 Å². The van der Waals surface area contributed by atoms with E-state index in [1.54, 1.807) is 0 Å². The smallest absolute Gasteiger partial charge is 0.0793 e. The molecule has 2 aliphatic rings. The number of benzene rings is 1. The van der Waals surface area contributed by atoms with Gasteiger partial charge >= 0.3 is 0 Å². The van der Waals surface area contributed by atoms with Crippen LogP contribution >= 0.6 is 0 Å². The first-order valence-corrected chi connectivity index (χ1v) is 5.92. The maximum atomic E-state index is 9.94. The van der Waals surface area contributed by atoms with Crippen LogP contribution in [0.1, 0.15) is 42.1 Å². The quantitative estimate of drug-likeness (QED) is 0.678. The largest absolute Gasteiger partial charge is 0.388 e. The molecule has 0 bridgehead atoms. The van der Waals surface area contributed by atoms with E-state index in [2.05, 4.69) is 17.4 Å². The Kier molecular flexibility index (Phi) is 2.17. The van der Waals surface area contributed by atoms with Crippen molar-refractivity contribution in [3.8, 4) is 0 Å². The summed E-state index contributed by atoms with van der Waals surface area (Å²) >= 11 is 0. The molecule has 0 aromatic heterocycles. The van der Waals surface area contributed by atoms with Crippen LogP contribution < -0.4 is 5.32 Å². The maximum absolute atomic E-state index is 9.94. The second kappa shape index (κ2) is 3.53. The Morgan fingerprint density at radius 1 is 1.13 bits per heavy atom. The summed E-state index contributed by atoms with van der Waals surface area (Å²) in [4.78, 5) is 0. The lowest BCUT2D eigenvalue weighted by Gasteiger charge is -2.26. The fourth-order valence-corrected chi connectivity index (χ4v) is 2.75. The summed E-state index contributed by atoms with van der Waals surface area (Å²) in [5.74, 6) is 0.